The summed E-state index contributed by atoms with van der Waals surface area (Å²) >= 11 is 0. The van der Waals surface area contributed by atoms with Gasteiger partial charge in [-0.1, -0.05) is 12.1 Å². The minimum Gasteiger partial charge on any atom is -0.395 e. The molecule has 1 aliphatic rings. The number of nitrogens with one attached hydrogen (secondary N) is 1. The van der Waals surface area contributed by atoms with Crippen LogP contribution in [0.15, 0.2) is 24.3 Å². The Morgan fingerprint density at radius 1 is 1.20 bits per heavy atom. The maximum atomic E-state index is 9.24. The summed E-state index contributed by atoms with van der Waals surface area (Å²) in [7, 11) is 0. The third-order valence-corrected chi connectivity index (χ3v) is 3.95. The minimum atomic E-state index is 0.146. The number of rotatable bonds is 6. The van der Waals surface area contributed by atoms with Gasteiger partial charge in [0.25, 0.3) is 0 Å². The Morgan fingerprint density at radius 2 is 1.85 bits per heavy atom. The van der Waals surface area contributed by atoms with E-state index >= 15 is 0 Å². The first-order chi connectivity index (χ1) is 9.49. The summed E-state index contributed by atoms with van der Waals surface area (Å²) in [4.78, 5) is 2.35. The van der Waals surface area contributed by atoms with E-state index < -0.39 is 0 Å². The molecule has 0 amide bonds. The normalized spacial score (nSPS) is 16.0. The van der Waals surface area contributed by atoms with Gasteiger partial charge < -0.3 is 15.3 Å². The van der Waals surface area contributed by atoms with E-state index in [1.165, 1.54) is 30.5 Å². The molecule has 1 saturated carbocycles. The maximum Gasteiger partial charge on any atom is 0.0606 e. The number of benzene rings is 1. The highest BCUT2D eigenvalue weighted by atomic mass is 16.3. The number of nitrogens with zero attached hydrogens (tertiary/aromatic N) is 1. The summed E-state index contributed by atoms with van der Waals surface area (Å²) in [6.07, 6.45) is 3.83. The molecule has 112 valence electrons. The van der Waals surface area contributed by atoms with Crippen molar-refractivity contribution in [3.63, 3.8) is 0 Å². The zero-order valence-electron chi connectivity index (χ0n) is 13.0. The van der Waals surface area contributed by atoms with Gasteiger partial charge in [-0.05, 0) is 57.7 Å². The van der Waals surface area contributed by atoms with E-state index in [1.54, 1.807) is 0 Å². The number of hydrogen-bond acceptors (Lipinski definition) is 3. The van der Waals surface area contributed by atoms with Crippen molar-refractivity contribution in [1.29, 1.82) is 0 Å². The van der Waals surface area contributed by atoms with Crippen LogP contribution in [0.3, 0.4) is 0 Å². The standard InChI is InChI=1S/C17H28N2O/c1-17(2,3)18-13-14-7-9-16(10-8-14)19(11-12-20)15-5-4-6-15/h7-10,15,18,20H,4-6,11-13H2,1-3H3. The topological polar surface area (TPSA) is 35.5 Å². The van der Waals surface area contributed by atoms with Crippen LogP contribution in [0.2, 0.25) is 0 Å². The van der Waals surface area contributed by atoms with E-state index in [9.17, 15) is 5.11 Å². The van der Waals surface area contributed by atoms with Gasteiger partial charge in [0.1, 0.15) is 0 Å². The largest absolute Gasteiger partial charge is 0.395 e. The second-order valence-electron chi connectivity index (χ2n) is 6.77. The first-order valence-corrected chi connectivity index (χ1v) is 7.71. The molecule has 1 aliphatic carbocycles. The molecule has 0 atom stereocenters. The molecule has 3 heteroatoms. The molecule has 20 heavy (non-hydrogen) atoms. The van der Waals surface area contributed by atoms with Crippen molar-refractivity contribution in [3.8, 4) is 0 Å². The van der Waals surface area contributed by atoms with Crippen molar-refractivity contribution in [3.05, 3.63) is 29.8 Å². The van der Waals surface area contributed by atoms with Crippen LogP contribution < -0.4 is 10.2 Å². The van der Waals surface area contributed by atoms with Crippen LogP contribution in [0.5, 0.6) is 0 Å². The molecule has 0 aliphatic heterocycles. The highest BCUT2D eigenvalue weighted by Gasteiger charge is 2.24. The van der Waals surface area contributed by atoms with Gasteiger partial charge in [0.2, 0.25) is 0 Å². The van der Waals surface area contributed by atoms with Crippen LogP contribution in [-0.2, 0) is 6.54 Å². The Hall–Kier alpha value is -1.06. The molecule has 2 rings (SSSR count). The molecule has 1 aromatic rings. The summed E-state index contributed by atoms with van der Waals surface area (Å²) in [5.41, 5.74) is 2.69. The molecule has 0 aromatic heterocycles. The third kappa shape index (κ3) is 4.22. The van der Waals surface area contributed by atoms with Crippen LogP contribution in [-0.4, -0.2) is 29.8 Å². The van der Waals surface area contributed by atoms with Gasteiger partial charge in [0, 0.05) is 30.4 Å². The lowest BCUT2D eigenvalue weighted by atomic mass is 9.91. The molecule has 2 N–H and O–H groups in total. The SMILES string of the molecule is CC(C)(C)NCc1ccc(N(CCO)C2CCC2)cc1. The van der Waals surface area contributed by atoms with E-state index in [0.29, 0.717) is 6.04 Å². The van der Waals surface area contributed by atoms with Crippen molar-refractivity contribution in [1.82, 2.24) is 5.32 Å². The lowest BCUT2D eigenvalue weighted by Gasteiger charge is -2.39. The number of aliphatic hydroxyl groups is 1. The second-order valence-corrected chi connectivity index (χ2v) is 6.77. The average molecular weight is 276 g/mol. The van der Waals surface area contributed by atoms with Gasteiger partial charge in [-0.3, -0.25) is 0 Å². The molecule has 1 fully saturated rings. The Bertz CT molecular complexity index is 404. The summed E-state index contributed by atoms with van der Waals surface area (Å²) in [6, 6.07) is 9.39. The van der Waals surface area contributed by atoms with Crippen LogP contribution >= 0.6 is 0 Å². The molecular formula is C17H28N2O. The van der Waals surface area contributed by atoms with E-state index in [4.69, 9.17) is 0 Å². The number of hydrogen-bond donors (Lipinski definition) is 2. The smallest absolute Gasteiger partial charge is 0.0606 e. The predicted molar refractivity (Wildman–Crippen MR) is 85.1 cm³/mol. The lowest BCUT2D eigenvalue weighted by Crippen LogP contribution is -2.42. The van der Waals surface area contributed by atoms with Gasteiger partial charge in [0.15, 0.2) is 0 Å². The van der Waals surface area contributed by atoms with Crippen molar-refractivity contribution in [2.24, 2.45) is 0 Å². The Labute approximate surface area is 123 Å². The van der Waals surface area contributed by atoms with Crippen LogP contribution in [0.1, 0.15) is 45.6 Å². The second kappa shape index (κ2) is 6.59. The summed E-state index contributed by atoms with van der Waals surface area (Å²) in [5, 5.41) is 12.7. The Balaban J connectivity index is 1.98. The summed E-state index contributed by atoms with van der Waals surface area (Å²) in [6.45, 7) is 8.41. The maximum absolute atomic E-state index is 9.24. The molecular weight excluding hydrogens is 248 g/mol. The molecule has 1 aromatic carbocycles. The van der Waals surface area contributed by atoms with Crippen LogP contribution in [0, 0.1) is 0 Å². The Kier molecular flexibility index (Phi) is 5.06. The van der Waals surface area contributed by atoms with Crippen molar-refractivity contribution in [2.45, 2.75) is 58.2 Å². The van der Waals surface area contributed by atoms with E-state index in [2.05, 4.69) is 55.3 Å². The van der Waals surface area contributed by atoms with Crippen molar-refractivity contribution < 1.29 is 5.11 Å². The van der Waals surface area contributed by atoms with Crippen molar-refractivity contribution >= 4 is 5.69 Å². The molecule has 0 spiro atoms. The van der Waals surface area contributed by atoms with Crippen LogP contribution in [0.4, 0.5) is 5.69 Å². The quantitative estimate of drug-likeness (QED) is 0.838. The predicted octanol–water partition coefficient (Wildman–Crippen LogP) is 2.93. The summed E-state index contributed by atoms with van der Waals surface area (Å²) in [5.74, 6) is 0. The first kappa shape index (κ1) is 15.3. The highest BCUT2D eigenvalue weighted by Crippen LogP contribution is 2.29. The van der Waals surface area contributed by atoms with Gasteiger partial charge in [-0.15, -0.1) is 0 Å². The summed E-state index contributed by atoms with van der Waals surface area (Å²) < 4.78 is 0. The lowest BCUT2D eigenvalue weighted by molar-refractivity contribution is 0.283. The van der Waals surface area contributed by atoms with Crippen molar-refractivity contribution in [2.75, 3.05) is 18.1 Å². The van der Waals surface area contributed by atoms with Gasteiger partial charge >= 0.3 is 0 Å². The zero-order chi connectivity index (χ0) is 14.6. The fourth-order valence-corrected chi connectivity index (χ4v) is 2.50. The van der Waals surface area contributed by atoms with Crippen LogP contribution in [0.25, 0.3) is 0 Å². The fraction of sp³-hybridized carbons (Fsp3) is 0.647. The minimum absolute atomic E-state index is 0.146. The first-order valence-electron chi connectivity index (χ1n) is 7.71. The van der Waals surface area contributed by atoms with E-state index in [-0.39, 0.29) is 12.1 Å². The van der Waals surface area contributed by atoms with Gasteiger partial charge in [0.05, 0.1) is 6.61 Å². The van der Waals surface area contributed by atoms with Gasteiger partial charge in [-0.25, -0.2) is 0 Å². The molecule has 0 radical (unpaired) electrons. The van der Waals surface area contributed by atoms with Gasteiger partial charge in [-0.2, -0.15) is 0 Å². The van der Waals surface area contributed by atoms with E-state index in [1.807, 2.05) is 0 Å². The number of aliphatic hydroxyl groups excluding tert-OH is 1. The fourth-order valence-electron chi connectivity index (χ4n) is 2.50. The third-order valence-electron chi connectivity index (χ3n) is 3.95. The molecule has 0 bridgehead atoms. The average Bonchev–Trinajstić information content (AvgIpc) is 2.33. The molecule has 3 nitrogen and oxygen atoms in total. The number of anilines is 1. The van der Waals surface area contributed by atoms with E-state index in [0.717, 1.165) is 13.1 Å². The Morgan fingerprint density at radius 3 is 2.30 bits per heavy atom. The highest BCUT2D eigenvalue weighted by molar-refractivity contribution is 5.49. The zero-order valence-corrected chi connectivity index (χ0v) is 13.0. The monoisotopic (exact) mass is 276 g/mol. The molecule has 0 heterocycles. The molecule has 0 saturated heterocycles. The molecule has 0 unspecified atom stereocenters.